The van der Waals surface area contributed by atoms with Gasteiger partial charge in [0.2, 0.25) is 0 Å². The fourth-order valence-electron chi connectivity index (χ4n) is 2.36. The monoisotopic (exact) mass is 237 g/mol. The van der Waals surface area contributed by atoms with E-state index in [1.54, 1.807) is 12.4 Å². The van der Waals surface area contributed by atoms with Crippen LogP contribution in [0.2, 0.25) is 0 Å². The van der Waals surface area contributed by atoms with Crippen molar-refractivity contribution in [2.45, 2.75) is 37.8 Å². The van der Waals surface area contributed by atoms with E-state index in [0.717, 1.165) is 19.3 Å². The van der Waals surface area contributed by atoms with E-state index in [2.05, 4.69) is 9.88 Å². The van der Waals surface area contributed by atoms with E-state index in [9.17, 15) is 4.79 Å². The number of hydrogen-bond donors (Lipinski definition) is 0. The van der Waals surface area contributed by atoms with Crippen LogP contribution < -0.4 is 0 Å². The van der Waals surface area contributed by atoms with Crippen LogP contribution in [-0.4, -0.2) is 46.8 Å². The van der Waals surface area contributed by atoms with Crippen LogP contribution in [-0.2, 0) is 4.74 Å². The normalized spacial score (nSPS) is 24.9. The van der Waals surface area contributed by atoms with Crippen molar-refractivity contribution in [2.75, 3.05) is 14.1 Å². The lowest BCUT2D eigenvalue weighted by atomic mass is 9.92. The summed E-state index contributed by atoms with van der Waals surface area (Å²) in [4.78, 5) is 17.8. The number of hydrogen-bond acceptors (Lipinski definition) is 4. The molecule has 5 heteroatoms. The summed E-state index contributed by atoms with van der Waals surface area (Å²) in [6.45, 7) is 0. The molecule has 17 heavy (non-hydrogen) atoms. The van der Waals surface area contributed by atoms with E-state index in [0.29, 0.717) is 6.04 Å². The van der Waals surface area contributed by atoms with E-state index < -0.39 is 0 Å². The van der Waals surface area contributed by atoms with E-state index in [1.807, 2.05) is 14.1 Å². The first-order valence-corrected chi connectivity index (χ1v) is 6.04. The maximum Gasteiger partial charge on any atom is 0.419 e. The van der Waals surface area contributed by atoms with Crippen LogP contribution >= 0.6 is 0 Å². The van der Waals surface area contributed by atoms with Gasteiger partial charge in [0, 0.05) is 18.4 Å². The Bertz CT molecular complexity index is 362. The van der Waals surface area contributed by atoms with Crippen LogP contribution in [0.15, 0.2) is 18.7 Å². The van der Waals surface area contributed by atoms with Crippen LogP contribution in [0, 0.1) is 0 Å². The van der Waals surface area contributed by atoms with Crippen molar-refractivity contribution in [3.05, 3.63) is 18.7 Å². The topological polar surface area (TPSA) is 47.4 Å². The second kappa shape index (κ2) is 5.31. The molecular formula is C12H19N3O2. The number of aromatic nitrogens is 2. The number of imidazole rings is 1. The molecular weight excluding hydrogens is 218 g/mol. The van der Waals surface area contributed by atoms with E-state index in [-0.39, 0.29) is 12.2 Å². The third kappa shape index (κ3) is 2.85. The quantitative estimate of drug-likeness (QED) is 0.786. The summed E-state index contributed by atoms with van der Waals surface area (Å²) in [5.41, 5.74) is 0. The standard InChI is InChI=1S/C12H19N3O2/c1-14(2)10-5-3-4-6-11(10)17-12(16)15-8-7-13-9-15/h7-11H,3-6H2,1-2H3. The predicted molar refractivity (Wildman–Crippen MR) is 63.8 cm³/mol. The average Bonchev–Trinajstić information content (AvgIpc) is 2.83. The molecule has 2 atom stereocenters. The number of rotatable bonds is 2. The lowest BCUT2D eigenvalue weighted by molar-refractivity contribution is 0.0210. The third-order valence-corrected chi connectivity index (χ3v) is 3.30. The largest absolute Gasteiger partial charge is 0.444 e. The summed E-state index contributed by atoms with van der Waals surface area (Å²) >= 11 is 0. The molecule has 0 radical (unpaired) electrons. The van der Waals surface area contributed by atoms with E-state index in [4.69, 9.17) is 4.74 Å². The molecule has 1 fully saturated rings. The molecule has 0 amide bonds. The van der Waals surface area contributed by atoms with Crippen LogP contribution in [0.3, 0.4) is 0 Å². The molecule has 1 aliphatic rings. The minimum atomic E-state index is -0.332. The van der Waals surface area contributed by atoms with Gasteiger partial charge in [0.05, 0.1) is 0 Å². The lowest BCUT2D eigenvalue weighted by Gasteiger charge is -2.35. The highest BCUT2D eigenvalue weighted by Crippen LogP contribution is 2.24. The van der Waals surface area contributed by atoms with Gasteiger partial charge >= 0.3 is 6.09 Å². The van der Waals surface area contributed by atoms with Crippen LogP contribution in [0.4, 0.5) is 4.79 Å². The first kappa shape index (κ1) is 12.1. The van der Waals surface area contributed by atoms with Crippen LogP contribution in [0.1, 0.15) is 25.7 Å². The van der Waals surface area contributed by atoms with Crippen molar-refractivity contribution in [1.29, 1.82) is 0 Å². The Kier molecular flexibility index (Phi) is 3.78. The smallest absolute Gasteiger partial charge is 0.419 e. The minimum Gasteiger partial charge on any atom is -0.444 e. The zero-order chi connectivity index (χ0) is 12.3. The fourth-order valence-corrected chi connectivity index (χ4v) is 2.36. The van der Waals surface area contributed by atoms with Crippen molar-refractivity contribution < 1.29 is 9.53 Å². The van der Waals surface area contributed by atoms with Crippen molar-refractivity contribution in [1.82, 2.24) is 14.5 Å². The van der Waals surface area contributed by atoms with E-state index >= 15 is 0 Å². The Morgan fingerprint density at radius 2 is 2.18 bits per heavy atom. The molecule has 2 unspecified atom stereocenters. The van der Waals surface area contributed by atoms with Crippen molar-refractivity contribution >= 4 is 6.09 Å². The highest BCUT2D eigenvalue weighted by Gasteiger charge is 2.30. The van der Waals surface area contributed by atoms with Gasteiger partial charge in [0.25, 0.3) is 0 Å². The first-order chi connectivity index (χ1) is 8.18. The molecule has 1 aliphatic carbocycles. The number of likely N-dealkylation sites (N-methyl/N-ethyl adjacent to an activating group) is 1. The van der Waals surface area contributed by atoms with Crippen molar-refractivity contribution in [3.8, 4) is 0 Å². The second-order valence-corrected chi connectivity index (χ2v) is 4.71. The Labute approximate surface area is 101 Å². The lowest BCUT2D eigenvalue weighted by Crippen LogP contribution is -2.44. The zero-order valence-corrected chi connectivity index (χ0v) is 10.4. The average molecular weight is 237 g/mol. The molecule has 1 saturated carbocycles. The maximum absolute atomic E-state index is 11.8. The number of carbonyl (C=O) groups is 1. The zero-order valence-electron chi connectivity index (χ0n) is 10.4. The van der Waals surface area contributed by atoms with Gasteiger partial charge in [-0.25, -0.2) is 14.3 Å². The van der Waals surface area contributed by atoms with Gasteiger partial charge in [-0.15, -0.1) is 0 Å². The Morgan fingerprint density at radius 3 is 2.82 bits per heavy atom. The summed E-state index contributed by atoms with van der Waals surface area (Å²) in [6.07, 6.45) is 8.69. The van der Waals surface area contributed by atoms with Gasteiger partial charge in [-0.05, 0) is 33.4 Å². The maximum atomic E-state index is 11.8. The fraction of sp³-hybridized carbons (Fsp3) is 0.667. The molecule has 5 nitrogen and oxygen atoms in total. The van der Waals surface area contributed by atoms with Crippen LogP contribution in [0.5, 0.6) is 0 Å². The summed E-state index contributed by atoms with van der Waals surface area (Å²) in [7, 11) is 4.07. The molecule has 2 rings (SSSR count). The molecule has 0 N–H and O–H groups in total. The molecule has 0 aliphatic heterocycles. The Hall–Kier alpha value is -1.36. The molecule has 0 bridgehead atoms. The molecule has 0 spiro atoms. The molecule has 0 aromatic carbocycles. The highest BCUT2D eigenvalue weighted by molar-refractivity contribution is 5.70. The molecule has 94 valence electrons. The summed E-state index contributed by atoms with van der Waals surface area (Å²) in [5, 5.41) is 0. The molecule has 0 saturated heterocycles. The number of nitrogens with zero attached hydrogens (tertiary/aromatic N) is 3. The third-order valence-electron chi connectivity index (χ3n) is 3.30. The van der Waals surface area contributed by atoms with Gasteiger partial charge in [-0.3, -0.25) is 0 Å². The first-order valence-electron chi connectivity index (χ1n) is 6.04. The van der Waals surface area contributed by atoms with Gasteiger partial charge in [-0.1, -0.05) is 6.42 Å². The predicted octanol–water partition coefficient (Wildman–Crippen LogP) is 1.74. The Morgan fingerprint density at radius 1 is 1.41 bits per heavy atom. The van der Waals surface area contributed by atoms with Crippen molar-refractivity contribution in [3.63, 3.8) is 0 Å². The highest BCUT2D eigenvalue weighted by atomic mass is 16.6. The minimum absolute atomic E-state index is 0.00588. The summed E-state index contributed by atoms with van der Waals surface area (Å²) in [5.74, 6) is 0. The second-order valence-electron chi connectivity index (χ2n) is 4.71. The van der Waals surface area contributed by atoms with Crippen LogP contribution in [0.25, 0.3) is 0 Å². The summed E-state index contributed by atoms with van der Waals surface area (Å²) in [6, 6.07) is 0.330. The van der Waals surface area contributed by atoms with E-state index in [1.165, 1.54) is 17.3 Å². The van der Waals surface area contributed by atoms with Crippen molar-refractivity contribution in [2.24, 2.45) is 0 Å². The van der Waals surface area contributed by atoms with Gasteiger partial charge < -0.3 is 9.64 Å². The molecule has 1 heterocycles. The SMILES string of the molecule is CN(C)C1CCCCC1OC(=O)n1ccnc1. The Balaban J connectivity index is 1.98. The van der Waals surface area contributed by atoms with Gasteiger partial charge in [0.15, 0.2) is 0 Å². The molecule has 1 aromatic heterocycles. The molecule has 1 aromatic rings. The number of carbonyl (C=O) groups excluding carboxylic acids is 1. The van der Waals surface area contributed by atoms with Gasteiger partial charge in [0.1, 0.15) is 12.4 Å². The summed E-state index contributed by atoms with van der Waals surface area (Å²) < 4.78 is 6.93. The number of ether oxygens (including phenoxy) is 1. The van der Waals surface area contributed by atoms with Gasteiger partial charge in [-0.2, -0.15) is 0 Å².